The normalized spacial score (nSPS) is 14.9. The van der Waals surface area contributed by atoms with Crippen LogP contribution < -0.4 is 4.90 Å². The third kappa shape index (κ3) is 4.23. The van der Waals surface area contributed by atoms with Crippen molar-refractivity contribution in [2.24, 2.45) is 0 Å². The van der Waals surface area contributed by atoms with Crippen LogP contribution in [0.15, 0.2) is 30.3 Å². The molecule has 1 saturated carbocycles. The van der Waals surface area contributed by atoms with E-state index in [0.717, 1.165) is 40.0 Å². The van der Waals surface area contributed by atoms with E-state index >= 15 is 0 Å². The molecule has 4 rings (SSSR count). The fourth-order valence-electron chi connectivity index (χ4n) is 3.97. The number of ether oxygens (including phenoxy) is 1. The Morgan fingerprint density at radius 3 is 2.66 bits per heavy atom. The molecule has 1 fully saturated rings. The lowest BCUT2D eigenvalue weighted by Crippen LogP contribution is -2.34. The molecule has 3 aromatic rings. The highest BCUT2D eigenvalue weighted by Crippen LogP contribution is 2.38. The van der Waals surface area contributed by atoms with Crippen molar-refractivity contribution in [2.75, 3.05) is 11.9 Å². The van der Waals surface area contributed by atoms with Gasteiger partial charge in [0.25, 0.3) is 0 Å². The first-order valence-electron chi connectivity index (χ1n) is 9.95. The van der Waals surface area contributed by atoms with Gasteiger partial charge >= 0.3 is 5.97 Å². The second-order valence-electron chi connectivity index (χ2n) is 7.52. The molecule has 0 radical (unpaired) electrons. The maximum Gasteiger partial charge on any atom is 0.349 e. The van der Waals surface area contributed by atoms with Gasteiger partial charge in [-0.05, 0) is 42.5 Å². The lowest BCUT2D eigenvalue weighted by Gasteiger charge is -2.32. The van der Waals surface area contributed by atoms with Gasteiger partial charge in [-0.2, -0.15) is 4.98 Å². The van der Waals surface area contributed by atoms with Crippen molar-refractivity contribution in [1.29, 1.82) is 0 Å². The molecule has 2 heterocycles. The van der Waals surface area contributed by atoms with E-state index in [0.29, 0.717) is 10.9 Å². The van der Waals surface area contributed by atoms with Gasteiger partial charge in [-0.1, -0.05) is 49.6 Å². The molecule has 152 valence electrons. The third-order valence-corrected chi connectivity index (χ3v) is 6.93. The van der Waals surface area contributed by atoms with E-state index in [1.807, 2.05) is 37.3 Å². The average Bonchev–Trinajstić information content (AvgIpc) is 3.08. The van der Waals surface area contributed by atoms with Crippen LogP contribution >= 0.6 is 22.9 Å². The molecule has 29 heavy (non-hydrogen) atoms. The Morgan fingerprint density at radius 1 is 1.21 bits per heavy atom. The highest BCUT2D eigenvalue weighted by molar-refractivity contribution is 7.20. The summed E-state index contributed by atoms with van der Waals surface area (Å²) in [6.07, 6.45) is 6.05. The van der Waals surface area contributed by atoms with E-state index < -0.39 is 0 Å². The Balaban J connectivity index is 1.64. The number of carbonyl (C=O) groups is 1. The minimum atomic E-state index is -0.336. The van der Waals surface area contributed by atoms with Crippen LogP contribution in [-0.2, 0) is 11.3 Å². The van der Waals surface area contributed by atoms with Gasteiger partial charge < -0.3 is 9.64 Å². The van der Waals surface area contributed by atoms with E-state index in [4.69, 9.17) is 16.3 Å². The van der Waals surface area contributed by atoms with E-state index in [9.17, 15) is 4.79 Å². The number of anilines is 1. The van der Waals surface area contributed by atoms with E-state index in [-0.39, 0.29) is 17.9 Å². The second-order valence-corrected chi connectivity index (χ2v) is 8.85. The van der Waals surface area contributed by atoms with Crippen LogP contribution in [0, 0.1) is 6.92 Å². The van der Waals surface area contributed by atoms with E-state index in [2.05, 4.69) is 21.9 Å². The molecule has 0 unspecified atom stereocenters. The van der Waals surface area contributed by atoms with Crippen molar-refractivity contribution in [3.63, 3.8) is 0 Å². The van der Waals surface area contributed by atoms with Crippen molar-refractivity contribution >= 4 is 44.9 Å². The number of aromatic nitrogens is 2. The van der Waals surface area contributed by atoms with Crippen LogP contribution in [0.4, 0.5) is 5.82 Å². The molecule has 0 saturated heterocycles. The standard InChI is InChI=1S/C22H24ClN3O2S/c1-14-17-19(26(2)16-11-7-4-8-12-16)24-22(23)25-20(17)29-18(14)21(27)28-13-15-9-5-3-6-10-15/h3,5-6,9-10,16H,4,7-8,11-13H2,1-2H3. The van der Waals surface area contributed by atoms with Gasteiger partial charge in [-0.25, -0.2) is 9.78 Å². The molecule has 0 atom stereocenters. The predicted octanol–water partition coefficient (Wildman–Crippen LogP) is 5.78. The summed E-state index contributed by atoms with van der Waals surface area (Å²) in [6.45, 7) is 2.18. The highest BCUT2D eigenvalue weighted by Gasteiger charge is 2.26. The smallest absolute Gasteiger partial charge is 0.349 e. The second kappa shape index (κ2) is 8.67. The molecule has 0 aliphatic heterocycles. The summed E-state index contributed by atoms with van der Waals surface area (Å²) in [6, 6.07) is 10.1. The maximum absolute atomic E-state index is 12.8. The zero-order valence-electron chi connectivity index (χ0n) is 16.7. The molecule has 5 nitrogen and oxygen atoms in total. The predicted molar refractivity (Wildman–Crippen MR) is 118 cm³/mol. The van der Waals surface area contributed by atoms with Crippen LogP contribution in [0.5, 0.6) is 0 Å². The molecule has 7 heteroatoms. The lowest BCUT2D eigenvalue weighted by molar-refractivity contribution is 0.0478. The van der Waals surface area contributed by atoms with Crippen molar-refractivity contribution in [3.05, 3.63) is 51.6 Å². The Kier molecular flexibility index (Phi) is 6.01. The molecule has 0 amide bonds. The fraction of sp³-hybridized carbons (Fsp3) is 0.409. The molecule has 1 aliphatic rings. The van der Waals surface area contributed by atoms with Crippen LogP contribution in [0.2, 0.25) is 5.28 Å². The van der Waals surface area contributed by atoms with Gasteiger partial charge in [0.2, 0.25) is 5.28 Å². The third-order valence-electron chi connectivity index (χ3n) is 5.60. The number of hydrogen-bond acceptors (Lipinski definition) is 6. The van der Waals surface area contributed by atoms with E-state index in [1.165, 1.54) is 30.6 Å². The molecule has 0 N–H and O–H groups in total. The van der Waals surface area contributed by atoms with Crippen molar-refractivity contribution in [3.8, 4) is 0 Å². The molecule has 0 bridgehead atoms. The quantitative estimate of drug-likeness (QED) is 0.380. The first kappa shape index (κ1) is 20.1. The zero-order valence-corrected chi connectivity index (χ0v) is 18.2. The summed E-state index contributed by atoms with van der Waals surface area (Å²) in [4.78, 5) is 25.2. The number of thiophene rings is 1. The summed E-state index contributed by atoms with van der Waals surface area (Å²) >= 11 is 7.55. The van der Waals surface area contributed by atoms with Gasteiger partial charge in [0.05, 0.1) is 5.39 Å². The number of nitrogens with zero attached hydrogens (tertiary/aromatic N) is 3. The van der Waals surface area contributed by atoms with Gasteiger partial charge in [-0.15, -0.1) is 11.3 Å². The minimum absolute atomic E-state index is 0.209. The van der Waals surface area contributed by atoms with Crippen LogP contribution in [0.3, 0.4) is 0 Å². The topological polar surface area (TPSA) is 55.3 Å². The fourth-order valence-corrected chi connectivity index (χ4v) is 5.26. The number of hydrogen-bond donors (Lipinski definition) is 0. The van der Waals surface area contributed by atoms with Gasteiger partial charge in [0, 0.05) is 13.1 Å². The van der Waals surface area contributed by atoms with Crippen LogP contribution in [0.1, 0.15) is 52.9 Å². The Morgan fingerprint density at radius 2 is 1.93 bits per heavy atom. The van der Waals surface area contributed by atoms with Gasteiger partial charge in [-0.3, -0.25) is 0 Å². The first-order valence-corrected chi connectivity index (χ1v) is 11.1. The number of esters is 1. The SMILES string of the molecule is Cc1c(C(=O)OCc2ccccc2)sc2nc(Cl)nc(N(C)C3CCCCC3)c12. The number of rotatable bonds is 5. The van der Waals surface area contributed by atoms with Gasteiger partial charge in [0.15, 0.2) is 0 Å². The summed E-state index contributed by atoms with van der Waals surface area (Å²) in [5, 5.41) is 1.11. The number of fused-ring (bicyclic) bond motifs is 1. The number of carbonyl (C=O) groups excluding carboxylic acids is 1. The maximum atomic E-state index is 12.8. The number of aryl methyl sites for hydroxylation is 1. The molecule has 1 aliphatic carbocycles. The highest BCUT2D eigenvalue weighted by atomic mass is 35.5. The van der Waals surface area contributed by atoms with Crippen LogP contribution in [0.25, 0.3) is 10.2 Å². The number of halogens is 1. The Labute approximate surface area is 179 Å². The summed E-state index contributed by atoms with van der Waals surface area (Å²) < 4.78 is 5.55. The summed E-state index contributed by atoms with van der Waals surface area (Å²) in [5.41, 5.74) is 1.82. The first-order chi connectivity index (χ1) is 14.0. The Hall–Kier alpha value is -2.18. The monoisotopic (exact) mass is 429 g/mol. The van der Waals surface area contributed by atoms with Crippen molar-refractivity contribution in [1.82, 2.24) is 9.97 Å². The van der Waals surface area contributed by atoms with Gasteiger partial charge in [0.1, 0.15) is 22.1 Å². The average molecular weight is 430 g/mol. The Bertz CT molecular complexity index is 1020. The molecular weight excluding hydrogens is 406 g/mol. The summed E-state index contributed by atoms with van der Waals surface area (Å²) in [7, 11) is 2.07. The molecule has 0 spiro atoms. The lowest BCUT2D eigenvalue weighted by atomic mass is 9.94. The molecule has 1 aromatic carbocycles. The minimum Gasteiger partial charge on any atom is -0.457 e. The zero-order chi connectivity index (χ0) is 20.4. The largest absolute Gasteiger partial charge is 0.457 e. The van der Waals surface area contributed by atoms with Crippen LogP contribution in [-0.4, -0.2) is 29.0 Å². The summed E-state index contributed by atoms with van der Waals surface area (Å²) in [5.74, 6) is 0.472. The molecular formula is C22H24ClN3O2S. The van der Waals surface area contributed by atoms with Crippen molar-refractivity contribution < 1.29 is 9.53 Å². The van der Waals surface area contributed by atoms with Crippen molar-refractivity contribution in [2.45, 2.75) is 51.7 Å². The molecule has 2 aromatic heterocycles. The number of benzene rings is 1. The van der Waals surface area contributed by atoms with E-state index in [1.54, 1.807) is 0 Å².